The van der Waals surface area contributed by atoms with Crippen molar-refractivity contribution in [2.24, 2.45) is 5.41 Å². The highest BCUT2D eigenvalue weighted by Gasteiger charge is 2.08. The van der Waals surface area contributed by atoms with E-state index < -0.39 is 0 Å². The third-order valence-electron chi connectivity index (χ3n) is 3.43. The molecule has 0 spiro atoms. The Morgan fingerprint density at radius 3 is 2.84 bits per heavy atom. The molecule has 0 N–H and O–H groups in total. The minimum atomic E-state index is 0.167. The summed E-state index contributed by atoms with van der Waals surface area (Å²) in [6, 6.07) is 0. The number of hydrogen-bond donors (Lipinski definition) is 0. The summed E-state index contributed by atoms with van der Waals surface area (Å²) in [5, 5.41) is 0. The average molecular weight is 263 g/mol. The second-order valence-electron chi connectivity index (χ2n) is 5.96. The van der Waals surface area contributed by atoms with Gasteiger partial charge in [-0.05, 0) is 38.8 Å². The van der Waals surface area contributed by atoms with Crippen LogP contribution in [0.25, 0.3) is 0 Å². The molecule has 0 bridgehead atoms. The molecule has 2 heteroatoms. The largest absolute Gasteiger partial charge is 0.500 e. The van der Waals surface area contributed by atoms with Gasteiger partial charge in [0, 0.05) is 18.5 Å². The van der Waals surface area contributed by atoms with Crippen LogP contribution >= 0.6 is 0 Å². The lowest BCUT2D eigenvalue weighted by Gasteiger charge is -2.20. The van der Waals surface area contributed by atoms with Gasteiger partial charge in [-0.25, -0.2) is 0 Å². The highest BCUT2D eigenvalue weighted by Crippen LogP contribution is 2.20. The topological polar surface area (TPSA) is 12.5 Å². The first-order valence-corrected chi connectivity index (χ1v) is 7.33. The van der Waals surface area contributed by atoms with Crippen LogP contribution in [-0.2, 0) is 4.74 Å². The van der Waals surface area contributed by atoms with Crippen molar-refractivity contribution in [3.05, 3.63) is 36.1 Å². The van der Waals surface area contributed by atoms with Crippen LogP contribution in [0.5, 0.6) is 0 Å². The van der Waals surface area contributed by atoms with E-state index >= 15 is 0 Å². The number of ether oxygens (including phenoxy) is 1. The zero-order chi connectivity index (χ0) is 14.1. The van der Waals surface area contributed by atoms with Crippen LogP contribution in [0.2, 0.25) is 0 Å². The predicted molar refractivity (Wildman–Crippen MR) is 83.1 cm³/mol. The van der Waals surface area contributed by atoms with Crippen molar-refractivity contribution in [3.8, 4) is 0 Å². The lowest BCUT2D eigenvalue weighted by Crippen LogP contribution is -2.25. The zero-order valence-corrected chi connectivity index (χ0v) is 13.0. The fourth-order valence-electron chi connectivity index (χ4n) is 2.22. The van der Waals surface area contributed by atoms with Gasteiger partial charge < -0.3 is 9.64 Å². The monoisotopic (exact) mass is 263 g/mol. The van der Waals surface area contributed by atoms with E-state index in [0.717, 1.165) is 39.0 Å². The normalized spacial score (nSPS) is 22.0. The third kappa shape index (κ3) is 7.22. The zero-order valence-electron chi connectivity index (χ0n) is 13.0. The fraction of sp³-hybridized carbons (Fsp3) is 0.647. The first-order chi connectivity index (χ1) is 9.03. The summed E-state index contributed by atoms with van der Waals surface area (Å²) in [5.41, 5.74) is 1.60. The maximum Gasteiger partial charge on any atom is 0.1000 e. The summed E-state index contributed by atoms with van der Waals surface area (Å²) < 4.78 is 5.56. The summed E-state index contributed by atoms with van der Waals surface area (Å²) in [5.74, 6) is 0. The molecule has 19 heavy (non-hydrogen) atoms. The molecule has 0 aromatic heterocycles. The molecule has 108 valence electrons. The Bertz CT molecular complexity index is 339. The van der Waals surface area contributed by atoms with E-state index in [1.54, 1.807) is 0 Å². The predicted octanol–water partition coefficient (Wildman–Crippen LogP) is 4.16. The van der Waals surface area contributed by atoms with Crippen molar-refractivity contribution in [1.82, 2.24) is 4.90 Å². The SMILES string of the molecule is C/C=C\C(C)(C)C=CCC/C1=C/OCCN(C)CC1. The van der Waals surface area contributed by atoms with Crippen molar-refractivity contribution in [2.75, 3.05) is 26.7 Å². The molecule has 0 radical (unpaired) electrons. The highest BCUT2D eigenvalue weighted by molar-refractivity contribution is 5.08. The summed E-state index contributed by atoms with van der Waals surface area (Å²) in [6.07, 6.45) is 14.3. The smallest absolute Gasteiger partial charge is 0.1000 e. The standard InChI is InChI=1S/C17H29NO/c1-5-10-17(2,3)11-7-6-8-16-9-12-18(4)13-14-19-15-16/h5,7,10-11,15H,6,8-9,12-14H2,1-4H3/b10-5-,11-7?,16-15-. The molecular formula is C17H29NO. The lowest BCUT2D eigenvalue weighted by molar-refractivity contribution is 0.183. The number of likely N-dealkylation sites (N-methyl/N-ethyl adjacent to an activating group) is 1. The van der Waals surface area contributed by atoms with E-state index in [9.17, 15) is 0 Å². The van der Waals surface area contributed by atoms with E-state index in [1.807, 2.05) is 6.26 Å². The van der Waals surface area contributed by atoms with Crippen LogP contribution in [0.3, 0.4) is 0 Å². The van der Waals surface area contributed by atoms with Gasteiger partial charge in [0.2, 0.25) is 0 Å². The molecule has 0 amide bonds. The van der Waals surface area contributed by atoms with Crippen LogP contribution in [0, 0.1) is 5.41 Å². The van der Waals surface area contributed by atoms with Crippen molar-refractivity contribution < 1.29 is 4.74 Å². The van der Waals surface area contributed by atoms with Gasteiger partial charge >= 0.3 is 0 Å². The molecular weight excluding hydrogens is 234 g/mol. The minimum Gasteiger partial charge on any atom is -0.500 e. The van der Waals surface area contributed by atoms with Crippen LogP contribution in [0.15, 0.2) is 36.1 Å². The maximum absolute atomic E-state index is 5.56. The summed E-state index contributed by atoms with van der Waals surface area (Å²) in [6.45, 7) is 9.52. The van der Waals surface area contributed by atoms with Crippen LogP contribution in [-0.4, -0.2) is 31.6 Å². The molecule has 1 aliphatic rings. The van der Waals surface area contributed by atoms with E-state index in [4.69, 9.17) is 4.74 Å². The molecule has 2 nitrogen and oxygen atoms in total. The van der Waals surface area contributed by atoms with Gasteiger partial charge in [-0.1, -0.05) is 38.2 Å². The molecule has 1 heterocycles. The first kappa shape index (κ1) is 16.0. The van der Waals surface area contributed by atoms with Gasteiger partial charge in [-0.2, -0.15) is 0 Å². The van der Waals surface area contributed by atoms with E-state index in [0.29, 0.717) is 0 Å². The van der Waals surface area contributed by atoms with Crippen LogP contribution in [0.4, 0.5) is 0 Å². The quantitative estimate of drug-likeness (QED) is 0.691. The Morgan fingerprint density at radius 1 is 1.32 bits per heavy atom. The second kappa shape index (κ2) is 8.21. The van der Waals surface area contributed by atoms with Gasteiger partial charge in [0.15, 0.2) is 0 Å². The molecule has 1 rings (SSSR count). The Balaban J connectivity index is 2.37. The van der Waals surface area contributed by atoms with E-state index in [-0.39, 0.29) is 5.41 Å². The second-order valence-corrected chi connectivity index (χ2v) is 5.96. The number of hydrogen-bond acceptors (Lipinski definition) is 2. The van der Waals surface area contributed by atoms with Gasteiger partial charge in [-0.3, -0.25) is 0 Å². The average Bonchev–Trinajstić information content (AvgIpc) is 2.32. The van der Waals surface area contributed by atoms with Crippen LogP contribution < -0.4 is 0 Å². The Labute approximate surface area is 118 Å². The number of rotatable bonds is 5. The third-order valence-corrected chi connectivity index (χ3v) is 3.43. The summed E-state index contributed by atoms with van der Waals surface area (Å²) >= 11 is 0. The molecule has 0 atom stereocenters. The number of allylic oxidation sites excluding steroid dienone is 4. The lowest BCUT2D eigenvalue weighted by atomic mass is 9.92. The van der Waals surface area contributed by atoms with Crippen molar-refractivity contribution in [2.45, 2.75) is 40.0 Å². The van der Waals surface area contributed by atoms with Crippen molar-refractivity contribution >= 4 is 0 Å². The van der Waals surface area contributed by atoms with Gasteiger partial charge in [0.1, 0.15) is 0 Å². The fourth-order valence-corrected chi connectivity index (χ4v) is 2.22. The Morgan fingerprint density at radius 2 is 2.11 bits per heavy atom. The molecule has 0 aliphatic carbocycles. The molecule has 0 aromatic carbocycles. The Kier molecular flexibility index (Phi) is 6.93. The Hall–Kier alpha value is -1.02. The molecule has 0 aromatic rings. The summed E-state index contributed by atoms with van der Waals surface area (Å²) in [4.78, 5) is 2.33. The highest BCUT2D eigenvalue weighted by atomic mass is 16.5. The van der Waals surface area contributed by atoms with E-state index in [2.05, 4.69) is 57.0 Å². The number of nitrogens with zero attached hydrogens (tertiary/aromatic N) is 1. The van der Waals surface area contributed by atoms with Gasteiger partial charge in [-0.15, -0.1) is 0 Å². The molecule has 0 saturated heterocycles. The molecule has 0 unspecified atom stereocenters. The molecule has 0 fully saturated rings. The summed E-state index contributed by atoms with van der Waals surface area (Å²) in [7, 11) is 2.16. The van der Waals surface area contributed by atoms with Crippen LogP contribution in [0.1, 0.15) is 40.0 Å². The van der Waals surface area contributed by atoms with Crippen molar-refractivity contribution in [1.29, 1.82) is 0 Å². The van der Waals surface area contributed by atoms with Gasteiger partial charge in [0.05, 0.1) is 12.9 Å². The van der Waals surface area contributed by atoms with Crippen molar-refractivity contribution in [3.63, 3.8) is 0 Å². The molecule has 1 aliphatic heterocycles. The first-order valence-electron chi connectivity index (χ1n) is 7.33. The molecule has 0 saturated carbocycles. The van der Waals surface area contributed by atoms with E-state index in [1.165, 1.54) is 5.57 Å². The van der Waals surface area contributed by atoms with Gasteiger partial charge in [0.25, 0.3) is 0 Å². The minimum absolute atomic E-state index is 0.167. The maximum atomic E-state index is 5.56.